The minimum Gasteiger partial charge on any atom is -0.444 e. The van der Waals surface area contributed by atoms with Crippen molar-refractivity contribution in [2.24, 2.45) is 0 Å². The molecule has 0 spiro atoms. The first kappa shape index (κ1) is 17.7. The standard InChI is InChI=1S/C11H20N2O4.C2H6/c1-7(14)12-8-5-13(6-9(8)15)10(16)17-11(2,3)4;1-2/h8-9,15H,5-6H2,1-4H3,(H,12,14);1-2H3. The highest BCUT2D eigenvalue weighted by atomic mass is 16.6. The van der Waals surface area contributed by atoms with Crippen LogP contribution in [0.2, 0.25) is 0 Å². The van der Waals surface area contributed by atoms with Gasteiger partial charge < -0.3 is 20.1 Å². The Morgan fingerprint density at radius 3 is 2.21 bits per heavy atom. The molecule has 0 radical (unpaired) electrons. The second-order valence-electron chi connectivity index (χ2n) is 5.26. The average Bonchev–Trinajstić information content (AvgIpc) is 2.60. The molecule has 1 heterocycles. The van der Waals surface area contributed by atoms with E-state index in [1.54, 1.807) is 20.8 Å². The van der Waals surface area contributed by atoms with Gasteiger partial charge in [0.25, 0.3) is 0 Å². The molecule has 0 aromatic carbocycles. The maximum absolute atomic E-state index is 11.7. The molecule has 2 amide bonds. The van der Waals surface area contributed by atoms with Gasteiger partial charge in [-0.15, -0.1) is 0 Å². The molecule has 2 atom stereocenters. The van der Waals surface area contributed by atoms with Crippen LogP contribution < -0.4 is 5.32 Å². The van der Waals surface area contributed by atoms with Crippen LogP contribution in [0.25, 0.3) is 0 Å². The first-order valence-corrected chi connectivity index (χ1v) is 6.62. The molecule has 19 heavy (non-hydrogen) atoms. The van der Waals surface area contributed by atoms with Crippen LogP contribution in [0.3, 0.4) is 0 Å². The topological polar surface area (TPSA) is 78.9 Å². The first-order chi connectivity index (χ1) is 8.69. The summed E-state index contributed by atoms with van der Waals surface area (Å²) in [6.45, 7) is 11.2. The molecular formula is C13H26N2O4. The van der Waals surface area contributed by atoms with Gasteiger partial charge in [0.1, 0.15) is 5.60 Å². The smallest absolute Gasteiger partial charge is 0.410 e. The van der Waals surface area contributed by atoms with E-state index in [1.165, 1.54) is 11.8 Å². The third kappa shape index (κ3) is 6.42. The second kappa shape index (κ2) is 7.33. The maximum atomic E-state index is 11.7. The molecule has 0 bridgehead atoms. The highest BCUT2D eigenvalue weighted by molar-refractivity contribution is 5.74. The minimum atomic E-state index is -0.744. The van der Waals surface area contributed by atoms with Crippen molar-refractivity contribution in [2.45, 2.75) is 59.3 Å². The maximum Gasteiger partial charge on any atom is 0.410 e. The van der Waals surface area contributed by atoms with E-state index in [0.29, 0.717) is 0 Å². The number of carbonyl (C=O) groups is 2. The van der Waals surface area contributed by atoms with E-state index in [4.69, 9.17) is 4.74 Å². The van der Waals surface area contributed by atoms with Crippen molar-refractivity contribution >= 4 is 12.0 Å². The summed E-state index contributed by atoms with van der Waals surface area (Å²) in [5.41, 5.74) is -0.561. The van der Waals surface area contributed by atoms with E-state index in [2.05, 4.69) is 5.32 Å². The van der Waals surface area contributed by atoms with E-state index in [9.17, 15) is 14.7 Å². The number of carbonyl (C=O) groups excluding carboxylic acids is 2. The van der Waals surface area contributed by atoms with Gasteiger partial charge in [-0.25, -0.2) is 4.79 Å². The lowest BCUT2D eigenvalue weighted by molar-refractivity contribution is -0.120. The third-order valence-electron chi connectivity index (χ3n) is 2.33. The highest BCUT2D eigenvalue weighted by Gasteiger charge is 2.36. The fourth-order valence-corrected chi connectivity index (χ4v) is 1.67. The predicted octanol–water partition coefficient (Wildman–Crippen LogP) is 1.13. The number of hydrogen-bond donors (Lipinski definition) is 2. The molecule has 2 unspecified atom stereocenters. The Morgan fingerprint density at radius 1 is 1.26 bits per heavy atom. The van der Waals surface area contributed by atoms with Crippen LogP contribution in [-0.4, -0.2) is 52.8 Å². The lowest BCUT2D eigenvalue weighted by atomic mass is 10.2. The summed E-state index contributed by atoms with van der Waals surface area (Å²) >= 11 is 0. The van der Waals surface area contributed by atoms with Crippen molar-refractivity contribution in [3.8, 4) is 0 Å². The Kier molecular flexibility index (Phi) is 6.83. The number of nitrogens with one attached hydrogen (secondary N) is 1. The monoisotopic (exact) mass is 274 g/mol. The molecule has 2 N–H and O–H groups in total. The van der Waals surface area contributed by atoms with Crippen molar-refractivity contribution in [2.75, 3.05) is 13.1 Å². The number of aliphatic hydroxyl groups is 1. The van der Waals surface area contributed by atoms with E-state index < -0.39 is 23.8 Å². The Balaban J connectivity index is 0.00000154. The van der Waals surface area contributed by atoms with Gasteiger partial charge in [-0.05, 0) is 20.8 Å². The molecule has 0 aliphatic carbocycles. The van der Waals surface area contributed by atoms with Crippen LogP contribution >= 0.6 is 0 Å². The van der Waals surface area contributed by atoms with E-state index >= 15 is 0 Å². The Morgan fingerprint density at radius 2 is 1.79 bits per heavy atom. The van der Waals surface area contributed by atoms with Gasteiger partial charge in [-0.3, -0.25) is 4.79 Å². The summed E-state index contributed by atoms with van der Waals surface area (Å²) in [6.07, 6.45) is -1.21. The first-order valence-electron chi connectivity index (χ1n) is 6.62. The van der Waals surface area contributed by atoms with Crippen molar-refractivity contribution in [3.05, 3.63) is 0 Å². The van der Waals surface area contributed by atoms with E-state index in [1.807, 2.05) is 13.8 Å². The normalized spacial score (nSPS) is 22.4. The van der Waals surface area contributed by atoms with Crippen molar-refractivity contribution in [1.29, 1.82) is 0 Å². The minimum absolute atomic E-state index is 0.180. The molecule has 1 rings (SSSR count). The summed E-state index contributed by atoms with van der Waals surface area (Å²) < 4.78 is 5.19. The van der Waals surface area contributed by atoms with Crippen LogP contribution in [0, 0.1) is 0 Å². The summed E-state index contributed by atoms with van der Waals surface area (Å²) in [5, 5.41) is 12.3. The Hall–Kier alpha value is -1.30. The van der Waals surface area contributed by atoms with Gasteiger partial charge in [0.05, 0.1) is 18.7 Å². The van der Waals surface area contributed by atoms with Gasteiger partial charge in [0.15, 0.2) is 0 Å². The zero-order valence-corrected chi connectivity index (χ0v) is 12.7. The molecule has 6 heteroatoms. The molecule has 0 saturated carbocycles. The number of aliphatic hydroxyl groups excluding tert-OH is 1. The molecule has 112 valence electrons. The summed E-state index contributed by atoms with van der Waals surface area (Å²) in [5.74, 6) is -0.222. The molecule has 1 saturated heterocycles. The number of nitrogens with zero attached hydrogens (tertiary/aromatic N) is 1. The molecule has 1 aliphatic heterocycles. The molecule has 0 aromatic rings. The number of amides is 2. The fraction of sp³-hybridized carbons (Fsp3) is 0.846. The van der Waals surface area contributed by atoms with Crippen molar-refractivity contribution in [3.63, 3.8) is 0 Å². The van der Waals surface area contributed by atoms with Crippen molar-refractivity contribution < 1.29 is 19.4 Å². The molecule has 0 aromatic heterocycles. The SMILES string of the molecule is CC.CC(=O)NC1CN(C(=O)OC(C)(C)C)CC1O. The lowest BCUT2D eigenvalue weighted by Gasteiger charge is -2.24. The highest BCUT2D eigenvalue weighted by Crippen LogP contribution is 2.15. The largest absolute Gasteiger partial charge is 0.444 e. The lowest BCUT2D eigenvalue weighted by Crippen LogP contribution is -2.42. The average molecular weight is 274 g/mol. The van der Waals surface area contributed by atoms with E-state index in [0.717, 1.165) is 0 Å². The number of ether oxygens (including phenoxy) is 1. The van der Waals surface area contributed by atoms with Gasteiger partial charge in [0, 0.05) is 13.5 Å². The van der Waals surface area contributed by atoms with Gasteiger partial charge >= 0.3 is 6.09 Å². The molecule has 6 nitrogen and oxygen atoms in total. The van der Waals surface area contributed by atoms with Gasteiger partial charge in [0.2, 0.25) is 5.91 Å². The quantitative estimate of drug-likeness (QED) is 0.751. The molecule has 1 fully saturated rings. The second-order valence-corrected chi connectivity index (χ2v) is 5.26. The Bertz CT molecular complexity index is 312. The zero-order chi connectivity index (χ0) is 15.2. The van der Waals surface area contributed by atoms with Crippen LogP contribution in [0.5, 0.6) is 0 Å². The number of hydrogen-bond acceptors (Lipinski definition) is 4. The van der Waals surface area contributed by atoms with E-state index in [-0.39, 0.29) is 19.0 Å². The van der Waals surface area contributed by atoms with Crippen LogP contribution in [0.4, 0.5) is 4.79 Å². The summed E-state index contributed by atoms with van der Waals surface area (Å²) in [7, 11) is 0. The molecular weight excluding hydrogens is 248 g/mol. The predicted molar refractivity (Wildman–Crippen MR) is 72.8 cm³/mol. The third-order valence-corrected chi connectivity index (χ3v) is 2.33. The van der Waals surface area contributed by atoms with Gasteiger partial charge in [-0.2, -0.15) is 0 Å². The Labute approximate surface area is 115 Å². The van der Waals surface area contributed by atoms with Crippen LogP contribution in [0.15, 0.2) is 0 Å². The van der Waals surface area contributed by atoms with Crippen LogP contribution in [0.1, 0.15) is 41.5 Å². The summed E-state index contributed by atoms with van der Waals surface area (Å²) in [6, 6.07) is -0.417. The number of likely N-dealkylation sites (tertiary alicyclic amines) is 1. The molecule has 1 aliphatic rings. The van der Waals surface area contributed by atoms with Gasteiger partial charge in [-0.1, -0.05) is 13.8 Å². The summed E-state index contributed by atoms with van der Waals surface area (Å²) in [4.78, 5) is 24.0. The number of rotatable bonds is 1. The number of β-amino-alcohol motifs (C(OH)–C–C–N with tert-alkyl or cyclic N) is 1. The fourth-order valence-electron chi connectivity index (χ4n) is 1.67. The van der Waals surface area contributed by atoms with Crippen LogP contribution in [-0.2, 0) is 9.53 Å². The zero-order valence-electron chi connectivity index (χ0n) is 12.7. The van der Waals surface area contributed by atoms with Crippen molar-refractivity contribution in [1.82, 2.24) is 10.2 Å².